The van der Waals surface area contributed by atoms with Gasteiger partial charge < -0.3 is 4.90 Å². The van der Waals surface area contributed by atoms with E-state index in [2.05, 4.69) is 33.3 Å². The van der Waals surface area contributed by atoms with Crippen molar-refractivity contribution in [1.82, 2.24) is 10.2 Å². The van der Waals surface area contributed by atoms with E-state index < -0.39 is 0 Å². The highest BCUT2D eigenvalue weighted by molar-refractivity contribution is 5.81. The van der Waals surface area contributed by atoms with Crippen molar-refractivity contribution in [2.75, 3.05) is 18.0 Å². The lowest BCUT2D eigenvalue weighted by molar-refractivity contribution is 0.299. The average Bonchev–Trinajstić information content (AvgIpc) is 3.04. The van der Waals surface area contributed by atoms with Crippen molar-refractivity contribution in [2.24, 2.45) is 11.8 Å². The van der Waals surface area contributed by atoms with Crippen LogP contribution in [0.15, 0.2) is 24.4 Å². The Labute approximate surface area is 107 Å². The van der Waals surface area contributed by atoms with Crippen LogP contribution >= 0.6 is 0 Å². The van der Waals surface area contributed by atoms with E-state index in [1.165, 1.54) is 49.8 Å². The van der Waals surface area contributed by atoms with E-state index in [1.807, 2.05) is 6.20 Å². The molecular weight excluding hydrogens is 222 g/mol. The number of H-pyrrole nitrogens is 1. The van der Waals surface area contributed by atoms with Gasteiger partial charge in [-0.25, -0.2) is 0 Å². The molecule has 18 heavy (non-hydrogen) atoms. The van der Waals surface area contributed by atoms with E-state index >= 15 is 0 Å². The zero-order chi connectivity index (χ0) is 11.9. The van der Waals surface area contributed by atoms with E-state index in [9.17, 15) is 0 Å². The number of benzene rings is 1. The first-order valence-corrected chi connectivity index (χ1v) is 7.08. The quantitative estimate of drug-likeness (QED) is 0.831. The van der Waals surface area contributed by atoms with Gasteiger partial charge in [-0.15, -0.1) is 0 Å². The summed E-state index contributed by atoms with van der Waals surface area (Å²) in [5, 5.41) is 8.37. The van der Waals surface area contributed by atoms with Gasteiger partial charge in [0.1, 0.15) is 0 Å². The molecule has 2 unspecified atom stereocenters. The summed E-state index contributed by atoms with van der Waals surface area (Å²) in [4.78, 5) is 2.57. The van der Waals surface area contributed by atoms with Gasteiger partial charge in [0.05, 0.1) is 11.7 Å². The predicted octanol–water partition coefficient (Wildman–Crippen LogP) is 3.19. The Morgan fingerprint density at radius 1 is 1.11 bits per heavy atom. The normalized spacial score (nSPS) is 27.7. The number of hydrogen-bond donors (Lipinski definition) is 1. The first-order chi connectivity index (χ1) is 8.90. The minimum Gasteiger partial charge on any atom is -0.371 e. The van der Waals surface area contributed by atoms with Crippen molar-refractivity contribution in [3.8, 4) is 0 Å². The lowest BCUT2D eigenvalue weighted by atomic mass is 9.82. The molecule has 0 bridgehead atoms. The highest BCUT2D eigenvalue weighted by atomic mass is 15.2. The molecule has 4 rings (SSSR count). The Kier molecular flexibility index (Phi) is 2.32. The van der Waals surface area contributed by atoms with E-state index in [1.54, 1.807) is 0 Å². The van der Waals surface area contributed by atoms with E-state index in [0.717, 1.165) is 17.4 Å². The van der Waals surface area contributed by atoms with Crippen molar-refractivity contribution in [3.63, 3.8) is 0 Å². The molecule has 94 valence electrons. The van der Waals surface area contributed by atoms with Gasteiger partial charge in [-0.3, -0.25) is 5.10 Å². The molecule has 1 aliphatic heterocycles. The Hall–Kier alpha value is -1.51. The number of hydrogen-bond acceptors (Lipinski definition) is 2. The third kappa shape index (κ3) is 1.61. The van der Waals surface area contributed by atoms with Crippen LogP contribution < -0.4 is 4.90 Å². The van der Waals surface area contributed by atoms with Crippen LogP contribution in [0.1, 0.15) is 25.7 Å². The highest BCUT2D eigenvalue weighted by Gasteiger charge is 2.34. The molecule has 0 spiro atoms. The second-order valence-electron chi connectivity index (χ2n) is 5.85. The van der Waals surface area contributed by atoms with Gasteiger partial charge in [0.25, 0.3) is 0 Å². The number of nitrogens with zero attached hydrogens (tertiary/aromatic N) is 2. The number of aromatic amines is 1. The van der Waals surface area contributed by atoms with Gasteiger partial charge in [-0.05, 0) is 42.9 Å². The lowest BCUT2D eigenvalue weighted by Crippen LogP contribution is -2.19. The molecule has 2 aliphatic rings. The molecule has 3 heteroatoms. The van der Waals surface area contributed by atoms with Crippen LogP contribution in [0.3, 0.4) is 0 Å². The molecule has 0 amide bonds. The minimum absolute atomic E-state index is 0.941. The Morgan fingerprint density at radius 3 is 2.67 bits per heavy atom. The predicted molar refractivity (Wildman–Crippen MR) is 73.8 cm³/mol. The Bertz CT molecular complexity index is 546. The third-order valence-corrected chi connectivity index (χ3v) is 4.77. The minimum atomic E-state index is 0.941. The van der Waals surface area contributed by atoms with Crippen LogP contribution in [0.2, 0.25) is 0 Å². The SMILES string of the molecule is c1cc2cn[nH]c2cc1N1CC2CCCCC2C1. The zero-order valence-corrected chi connectivity index (χ0v) is 10.6. The topological polar surface area (TPSA) is 31.9 Å². The molecule has 2 aromatic rings. The average molecular weight is 241 g/mol. The summed E-state index contributed by atoms with van der Waals surface area (Å²) in [5.74, 6) is 1.88. The maximum Gasteiger partial charge on any atom is 0.0670 e. The Balaban J connectivity index is 1.62. The molecule has 0 radical (unpaired) electrons. The number of rotatable bonds is 1. The molecule has 2 fully saturated rings. The van der Waals surface area contributed by atoms with Gasteiger partial charge in [-0.1, -0.05) is 12.8 Å². The van der Waals surface area contributed by atoms with E-state index in [-0.39, 0.29) is 0 Å². The zero-order valence-electron chi connectivity index (χ0n) is 10.6. The number of fused-ring (bicyclic) bond motifs is 2. The van der Waals surface area contributed by atoms with Crippen LogP contribution in [-0.2, 0) is 0 Å². The number of aromatic nitrogens is 2. The molecule has 1 saturated carbocycles. The number of nitrogens with one attached hydrogen (secondary N) is 1. The van der Waals surface area contributed by atoms with Crippen LogP contribution in [0.4, 0.5) is 5.69 Å². The molecule has 3 nitrogen and oxygen atoms in total. The van der Waals surface area contributed by atoms with Gasteiger partial charge >= 0.3 is 0 Å². The molecule has 1 N–H and O–H groups in total. The summed E-state index contributed by atoms with van der Waals surface area (Å²) in [6.45, 7) is 2.51. The second-order valence-corrected chi connectivity index (χ2v) is 5.85. The molecule has 2 atom stereocenters. The number of anilines is 1. The van der Waals surface area contributed by atoms with Gasteiger partial charge in [0, 0.05) is 24.2 Å². The largest absolute Gasteiger partial charge is 0.371 e. The fourth-order valence-corrected chi connectivity index (χ4v) is 3.74. The summed E-state index contributed by atoms with van der Waals surface area (Å²) in [7, 11) is 0. The summed E-state index contributed by atoms with van der Waals surface area (Å²) >= 11 is 0. The van der Waals surface area contributed by atoms with Crippen molar-refractivity contribution in [1.29, 1.82) is 0 Å². The van der Waals surface area contributed by atoms with Crippen molar-refractivity contribution >= 4 is 16.6 Å². The van der Waals surface area contributed by atoms with Gasteiger partial charge in [0.15, 0.2) is 0 Å². The first-order valence-electron chi connectivity index (χ1n) is 7.08. The van der Waals surface area contributed by atoms with Gasteiger partial charge in [0.2, 0.25) is 0 Å². The standard InChI is InChI=1S/C15H19N3/c1-2-4-13-10-18(9-12(13)3-1)14-6-5-11-8-16-17-15(11)7-14/h5-8,12-13H,1-4,9-10H2,(H,16,17). The fourth-order valence-electron chi connectivity index (χ4n) is 3.74. The van der Waals surface area contributed by atoms with Crippen LogP contribution in [-0.4, -0.2) is 23.3 Å². The third-order valence-electron chi connectivity index (χ3n) is 4.77. The van der Waals surface area contributed by atoms with Crippen molar-refractivity contribution < 1.29 is 0 Å². The maximum atomic E-state index is 4.10. The molecule has 1 saturated heterocycles. The smallest absolute Gasteiger partial charge is 0.0670 e. The first kappa shape index (κ1) is 10.4. The maximum absolute atomic E-state index is 4.10. The fraction of sp³-hybridized carbons (Fsp3) is 0.533. The summed E-state index contributed by atoms with van der Waals surface area (Å²) in [6, 6.07) is 6.67. The molecular formula is C15H19N3. The van der Waals surface area contributed by atoms with Crippen molar-refractivity contribution in [3.05, 3.63) is 24.4 Å². The highest BCUT2D eigenvalue weighted by Crippen LogP contribution is 2.38. The second kappa shape index (κ2) is 4.01. The van der Waals surface area contributed by atoms with Gasteiger partial charge in [-0.2, -0.15) is 5.10 Å². The van der Waals surface area contributed by atoms with E-state index in [4.69, 9.17) is 0 Å². The van der Waals surface area contributed by atoms with Crippen LogP contribution in [0.5, 0.6) is 0 Å². The molecule has 1 aliphatic carbocycles. The van der Waals surface area contributed by atoms with E-state index in [0.29, 0.717) is 0 Å². The molecule has 2 heterocycles. The molecule has 1 aromatic carbocycles. The Morgan fingerprint density at radius 2 is 1.89 bits per heavy atom. The van der Waals surface area contributed by atoms with Crippen LogP contribution in [0.25, 0.3) is 10.9 Å². The monoisotopic (exact) mass is 241 g/mol. The summed E-state index contributed by atoms with van der Waals surface area (Å²) in [5.41, 5.74) is 2.52. The summed E-state index contributed by atoms with van der Waals surface area (Å²) < 4.78 is 0. The van der Waals surface area contributed by atoms with Crippen molar-refractivity contribution in [2.45, 2.75) is 25.7 Å². The summed E-state index contributed by atoms with van der Waals surface area (Å²) in [6.07, 6.45) is 7.65. The molecule has 1 aromatic heterocycles. The lowest BCUT2D eigenvalue weighted by Gasteiger charge is -2.22. The van der Waals surface area contributed by atoms with Crippen LogP contribution in [0, 0.1) is 11.8 Å².